The fourth-order valence-electron chi connectivity index (χ4n) is 4.46. The third kappa shape index (κ3) is 3.25. The molecule has 5 rings (SSSR count). The first-order chi connectivity index (χ1) is 16.5. The molecule has 8 nitrogen and oxygen atoms in total. The van der Waals surface area contributed by atoms with Crippen molar-refractivity contribution in [3.05, 3.63) is 52.9 Å². The lowest BCUT2D eigenvalue weighted by molar-refractivity contribution is -0.123. The molecule has 0 saturated carbocycles. The van der Waals surface area contributed by atoms with E-state index in [1.807, 2.05) is 38.1 Å². The SMILES string of the molecule is CC[C@@H](C)NC(=O)COc1ccc2c(c1)c1ccnc3c4ccc(OC)c(OC)c4c(=O)n2c13. The second-order valence-corrected chi connectivity index (χ2v) is 8.26. The van der Waals surface area contributed by atoms with Crippen LogP contribution in [0.1, 0.15) is 20.3 Å². The molecule has 0 saturated heterocycles. The van der Waals surface area contributed by atoms with Crippen LogP contribution in [0.2, 0.25) is 0 Å². The summed E-state index contributed by atoms with van der Waals surface area (Å²) >= 11 is 0. The van der Waals surface area contributed by atoms with E-state index in [1.54, 1.807) is 22.7 Å². The van der Waals surface area contributed by atoms with Crippen LogP contribution in [0.5, 0.6) is 17.2 Å². The van der Waals surface area contributed by atoms with Gasteiger partial charge in [0.05, 0.1) is 36.2 Å². The molecule has 0 aliphatic rings. The number of ether oxygens (including phenoxy) is 3. The van der Waals surface area contributed by atoms with Crippen molar-refractivity contribution in [2.24, 2.45) is 0 Å². The number of nitrogens with zero attached hydrogens (tertiary/aromatic N) is 2. The Morgan fingerprint density at radius 1 is 1.09 bits per heavy atom. The van der Waals surface area contributed by atoms with E-state index in [2.05, 4.69) is 10.3 Å². The molecule has 5 aromatic rings. The van der Waals surface area contributed by atoms with E-state index >= 15 is 0 Å². The average molecular weight is 460 g/mol. The summed E-state index contributed by atoms with van der Waals surface area (Å²) in [5, 5.41) is 5.71. The molecule has 0 fully saturated rings. The first-order valence-corrected chi connectivity index (χ1v) is 11.1. The Kier molecular flexibility index (Phi) is 5.36. The van der Waals surface area contributed by atoms with Crippen LogP contribution in [-0.4, -0.2) is 42.2 Å². The van der Waals surface area contributed by atoms with Gasteiger partial charge in [-0.2, -0.15) is 0 Å². The predicted octanol–water partition coefficient (Wildman–Crippen LogP) is 3.90. The zero-order valence-electron chi connectivity index (χ0n) is 19.5. The van der Waals surface area contributed by atoms with Crippen LogP contribution in [0, 0.1) is 0 Å². The van der Waals surface area contributed by atoms with Crippen molar-refractivity contribution in [3.8, 4) is 17.2 Å². The first-order valence-electron chi connectivity index (χ1n) is 11.1. The number of nitrogens with one attached hydrogen (secondary N) is 1. The molecule has 1 N–H and O–H groups in total. The van der Waals surface area contributed by atoms with E-state index in [0.29, 0.717) is 33.5 Å². The van der Waals surface area contributed by atoms with Crippen molar-refractivity contribution in [1.82, 2.24) is 14.7 Å². The summed E-state index contributed by atoms with van der Waals surface area (Å²) in [5.74, 6) is 1.23. The lowest BCUT2D eigenvalue weighted by Gasteiger charge is -2.12. The summed E-state index contributed by atoms with van der Waals surface area (Å²) < 4.78 is 18.4. The van der Waals surface area contributed by atoms with Crippen molar-refractivity contribution in [2.75, 3.05) is 20.8 Å². The third-order valence-corrected chi connectivity index (χ3v) is 6.25. The molecule has 0 aliphatic carbocycles. The molecule has 174 valence electrons. The smallest absolute Gasteiger partial charge is 0.267 e. The number of carbonyl (C=O) groups is 1. The zero-order chi connectivity index (χ0) is 24.0. The number of methoxy groups -OCH3 is 2. The molecular formula is C26H25N3O5. The molecule has 0 aliphatic heterocycles. The summed E-state index contributed by atoms with van der Waals surface area (Å²) in [6, 6.07) is 11.0. The largest absolute Gasteiger partial charge is 0.493 e. The highest BCUT2D eigenvalue weighted by Crippen LogP contribution is 2.39. The van der Waals surface area contributed by atoms with Crippen molar-refractivity contribution >= 4 is 44.0 Å². The van der Waals surface area contributed by atoms with Gasteiger partial charge < -0.3 is 19.5 Å². The maximum atomic E-state index is 13.8. The Balaban J connectivity index is 1.71. The Morgan fingerprint density at radius 2 is 1.91 bits per heavy atom. The number of rotatable bonds is 7. The number of fused-ring (bicyclic) bond motifs is 5. The number of pyridine rings is 2. The Hall–Kier alpha value is -4.07. The molecule has 3 aromatic heterocycles. The maximum Gasteiger partial charge on any atom is 0.267 e. The van der Waals surface area contributed by atoms with Crippen LogP contribution in [0.25, 0.3) is 38.1 Å². The fraction of sp³-hybridized carbons (Fsp3) is 0.269. The van der Waals surface area contributed by atoms with Gasteiger partial charge in [0.15, 0.2) is 18.1 Å². The van der Waals surface area contributed by atoms with E-state index in [9.17, 15) is 9.59 Å². The third-order valence-electron chi connectivity index (χ3n) is 6.25. The average Bonchev–Trinajstić information content (AvgIpc) is 3.19. The number of hydrogen-bond donors (Lipinski definition) is 1. The van der Waals surface area contributed by atoms with Crippen LogP contribution < -0.4 is 25.1 Å². The fourth-order valence-corrected chi connectivity index (χ4v) is 4.46. The van der Waals surface area contributed by atoms with E-state index in [-0.39, 0.29) is 24.1 Å². The molecule has 2 aromatic carbocycles. The van der Waals surface area contributed by atoms with E-state index < -0.39 is 0 Å². The summed E-state index contributed by atoms with van der Waals surface area (Å²) in [6.07, 6.45) is 2.57. The van der Waals surface area contributed by atoms with Gasteiger partial charge >= 0.3 is 0 Å². The summed E-state index contributed by atoms with van der Waals surface area (Å²) in [7, 11) is 3.06. The van der Waals surface area contributed by atoms with Gasteiger partial charge in [-0.15, -0.1) is 0 Å². The minimum Gasteiger partial charge on any atom is -0.493 e. The van der Waals surface area contributed by atoms with Gasteiger partial charge in [-0.25, -0.2) is 0 Å². The molecule has 8 heteroatoms. The van der Waals surface area contributed by atoms with Crippen LogP contribution >= 0.6 is 0 Å². The summed E-state index contributed by atoms with van der Waals surface area (Å²) in [6.45, 7) is 3.88. The molecule has 0 bridgehead atoms. The van der Waals surface area contributed by atoms with Crippen molar-refractivity contribution in [3.63, 3.8) is 0 Å². The molecule has 1 atom stereocenters. The molecule has 1 amide bonds. The number of hydrogen-bond acceptors (Lipinski definition) is 6. The normalized spacial score (nSPS) is 12.5. The van der Waals surface area contributed by atoms with Gasteiger partial charge in [0, 0.05) is 28.4 Å². The van der Waals surface area contributed by atoms with Crippen molar-refractivity contribution in [2.45, 2.75) is 26.3 Å². The molecule has 0 radical (unpaired) electrons. The molecular weight excluding hydrogens is 434 g/mol. The minimum atomic E-state index is -0.215. The highest BCUT2D eigenvalue weighted by atomic mass is 16.5. The van der Waals surface area contributed by atoms with Gasteiger partial charge in [0.2, 0.25) is 0 Å². The first kappa shape index (κ1) is 21.8. The van der Waals surface area contributed by atoms with Gasteiger partial charge in [-0.3, -0.25) is 19.0 Å². The summed E-state index contributed by atoms with van der Waals surface area (Å²) in [5.41, 5.74) is 1.93. The van der Waals surface area contributed by atoms with E-state index in [4.69, 9.17) is 14.2 Å². The number of benzene rings is 2. The lowest BCUT2D eigenvalue weighted by Crippen LogP contribution is -2.35. The Bertz CT molecular complexity index is 1610. The standard InChI is InChI=1S/C26H25N3O5/c1-5-14(2)28-21(30)13-34-15-6-8-19-18(12-15)16-10-11-27-23-17-7-9-20(32-3)25(33-4)22(17)26(31)29(19)24(16)23/h6-12,14H,5,13H2,1-4H3,(H,28,30)/t14-/m1/s1. The number of amides is 1. The monoisotopic (exact) mass is 459 g/mol. The van der Waals surface area contributed by atoms with E-state index in [1.165, 1.54) is 14.2 Å². The van der Waals surface area contributed by atoms with Gasteiger partial charge in [0.1, 0.15) is 5.75 Å². The molecule has 0 spiro atoms. The zero-order valence-corrected chi connectivity index (χ0v) is 19.5. The second-order valence-electron chi connectivity index (χ2n) is 8.26. The lowest BCUT2D eigenvalue weighted by atomic mass is 10.1. The molecule has 0 unspecified atom stereocenters. The minimum absolute atomic E-state index is 0.0807. The Morgan fingerprint density at radius 3 is 2.65 bits per heavy atom. The number of carbonyl (C=O) groups excluding carboxylic acids is 1. The highest BCUT2D eigenvalue weighted by molar-refractivity contribution is 6.19. The van der Waals surface area contributed by atoms with Crippen molar-refractivity contribution in [1.29, 1.82) is 0 Å². The van der Waals surface area contributed by atoms with Gasteiger partial charge in [0.25, 0.3) is 11.5 Å². The number of aromatic nitrogens is 2. The second kappa shape index (κ2) is 8.37. The van der Waals surface area contributed by atoms with Crippen LogP contribution in [0.4, 0.5) is 0 Å². The quantitative estimate of drug-likeness (QED) is 0.371. The predicted molar refractivity (Wildman–Crippen MR) is 132 cm³/mol. The van der Waals surface area contributed by atoms with Gasteiger partial charge in [-0.1, -0.05) is 6.92 Å². The van der Waals surface area contributed by atoms with Crippen LogP contribution in [-0.2, 0) is 4.79 Å². The van der Waals surface area contributed by atoms with Crippen LogP contribution in [0.3, 0.4) is 0 Å². The highest BCUT2D eigenvalue weighted by Gasteiger charge is 2.22. The molecule has 3 heterocycles. The Labute approximate surface area is 195 Å². The molecule has 34 heavy (non-hydrogen) atoms. The van der Waals surface area contributed by atoms with Gasteiger partial charge in [-0.05, 0) is 49.7 Å². The van der Waals surface area contributed by atoms with Crippen LogP contribution in [0.15, 0.2) is 47.4 Å². The summed E-state index contributed by atoms with van der Waals surface area (Å²) in [4.78, 5) is 30.5. The van der Waals surface area contributed by atoms with E-state index in [0.717, 1.165) is 28.2 Å². The van der Waals surface area contributed by atoms with Crippen molar-refractivity contribution < 1.29 is 19.0 Å². The maximum absolute atomic E-state index is 13.8. The topological polar surface area (TPSA) is 91.2 Å².